The van der Waals surface area contributed by atoms with E-state index in [1.54, 1.807) is 0 Å². The van der Waals surface area contributed by atoms with E-state index < -0.39 is 0 Å². The lowest BCUT2D eigenvalue weighted by atomic mass is 10.0. The number of para-hydroxylation sites is 1. The minimum Gasteiger partial charge on any atom is -0.494 e. The molecule has 5 heteroatoms. The summed E-state index contributed by atoms with van der Waals surface area (Å²) < 4.78 is 7.97. The van der Waals surface area contributed by atoms with Gasteiger partial charge in [0, 0.05) is 11.3 Å². The number of anilines is 1. The summed E-state index contributed by atoms with van der Waals surface area (Å²) in [6.45, 7) is 4.48. The number of hydrogen-bond donors (Lipinski definition) is 0. The lowest BCUT2D eigenvalue weighted by Gasteiger charge is -2.16. The van der Waals surface area contributed by atoms with E-state index >= 15 is 0 Å². The van der Waals surface area contributed by atoms with Crippen molar-refractivity contribution in [2.24, 2.45) is 5.10 Å². The van der Waals surface area contributed by atoms with E-state index in [4.69, 9.17) is 4.74 Å². The molecule has 0 N–H and O–H groups in total. The highest BCUT2D eigenvalue weighted by atomic mass is 16.5. The predicted octanol–water partition coefficient (Wildman–Crippen LogP) is 8.02. The number of aromatic nitrogens is 1. The third kappa shape index (κ3) is 4.74. The highest BCUT2D eigenvalue weighted by molar-refractivity contribution is 6.32. The van der Waals surface area contributed by atoms with Crippen LogP contribution in [0.5, 0.6) is 5.75 Å². The van der Waals surface area contributed by atoms with Crippen LogP contribution in [0, 0.1) is 0 Å². The lowest BCUT2D eigenvalue weighted by molar-refractivity contribution is -0.114. The van der Waals surface area contributed by atoms with Crippen LogP contribution in [0.1, 0.15) is 19.4 Å². The van der Waals surface area contributed by atoms with E-state index in [9.17, 15) is 4.79 Å². The second kappa shape index (κ2) is 10.9. The largest absolute Gasteiger partial charge is 0.494 e. The van der Waals surface area contributed by atoms with Crippen molar-refractivity contribution >= 4 is 23.4 Å². The molecule has 5 nitrogen and oxygen atoms in total. The number of hydrogen-bond acceptors (Lipinski definition) is 3. The Kier molecular flexibility index (Phi) is 6.86. The summed E-state index contributed by atoms with van der Waals surface area (Å²) in [5, 5.41) is 6.08. The summed E-state index contributed by atoms with van der Waals surface area (Å²) in [5.74, 6) is 0.686. The molecule has 2 heterocycles. The van der Waals surface area contributed by atoms with E-state index in [1.807, 2.05) is 98.8 Å². The minimum atomic E-state index is -0.141. The summed E-state index contributed by atoms with van der Waals surface area (Å²) in [7, 11) is 0. The SMILES string of the molecule is CCOc1ccc(-n2c(-c3ccccc3)cc(C=C3C(=O)N(c4ccccc4)N=C3C)c2-c2ccccc2)cc1. The molecule has 1 aliphatic heterocycles. The summed E-state index contributed by atoms with van der Waals surface area (Å²) in [4.78, 5) is 13.6. The van der Waals surface area contributed by atoms with E-state index in [1.165, 1.54) is 5.01 Å². The van der Waals surface area contributed by atoms with Crippen LogP contribution in [0.3, 0.4) is 0 Å². The summed E-state index contributed by atoms with van der Waals surface area (Å²) in [5.41, 5.74) is 8.08. The van der Waals surface area contributed by atoms with Crippen LogP contribution in [-0.2, 0) is 4.79 Å². The van der Waals surface area contributed by atoms with Gasteiger partial charge in [-0.05, 0) is 73.5 Å². The Morgan fingerprint density at radius 3 is 1.98 bits per heavy atom. The molecule has 0 saturated carbocycles. The third-order valence-corrected chi connectivity index (χ3v) is 6.92. The Morgan fingerprint density at radius 1 is 0.750 bits per heavy atom. The number of nitrogens with zero attached hydrogens (tertiary/aromatic N) is 3. The summed E-state index contributed by atoms with van der Waals surface area (Å²) in [6, 6.07) is 40.4. The fourth-order valence-corrected chi connectivity index (χ4v) is 5.06. The first-order valence-electron chi connectivity index (χ1n) is 13.4. The molecule has 0 atom stereocenters. The topological polar surface area (TPSA) is 46.8 Å². The average molecular weight is 524 g/mol. The Morgan fingerprint density at radius 2 is 1.35 bits per heavy atom. The van der Waals surface area contributed by atoms with Gasteiger partial charge in [-0.25, -0.2) is 0 Å². The van der Waals surface area contributed by atoms with Gasteiger partial charge in [0.2, 0.25) is 0 Å². The molecule has 1 amide bonds. The first-order valence-corrected chi connectivity index (χ1v) is 13.4. The standard InChI is InChI=1S/C35H29N3O2/c1-3-40-31-21-19-29(20-22-31)37-33(26-13-7-4-8-14-26)24-28(34(37)27-15-9-5-10-16-27)23-32-25(2)36-38(35(32)39)30-17-11-6-12-18-30/h4-24H,3H2,1-2H3. The fourth-order valence-electron chi connectivity index (χ4n) is 5.06. The molecule has 6 rings (SSSR count). The van der Waals surface area contributed by atoms with Gasteiger partial charge >= 0.3 is 0 Å². The van der Waals surface area contributed by atoms with Crippen LogP contribution in [0.2, 0.25) is 0 Å². The van der Waals surface area contributed by atoms with Crippen molar-refractivity contribution in [3.05, 3.63) is 132 Å². The molecule has 40 heavy (non-hydrogen) atoms. The van der Waals surface area contributed by atoms with Gasteiger partial charge in [-0.1, -0.05) is 78.9 Å². The van der Waals surface area contributed by atoms with E-state index in [0.29, 0.717) is 17.9 Å². The maximum absolute atomic E-state index is 13.6. The van der Waals surface area contributed by atoms with Gasteiger partial charge in [-0.15, -0.1) is 0 Å². The minimum absolute atomic E-state index is 0.141. The zero-order valence-electron chi connectivity index (χ0n) is 22.5. The van der Waals surface area contributed by atoms with Gasteiger partial charge < -0.3 is 9.30 Å². The van der Waals surface area contributed by atoms with Crippen LogP contribution in [0.4, 0.5) is 5.69 Å². The van der Waals surface area contributed by atoms with Crippen molar-refractivity contribution in [3.63, 3.8) is 0 Å². The second-order valence-electron chi connectivity index (χ2n) is 9.52. The molecule has 4 aromatic carbocycles. The molecular formula is C35H29N3O2. The normalized spacial score (nSPS) is 14.1. The Hall–Kier alpha value is -5.16. The molecule has 0 radical (unpaired) electrons. The monoisotopic (exact) mass is 523 g/mol. The molecule has 0 bridgehead atoms. The predicted molar refractivity (Wildman–Crippen MR) is 163 cm³/mol. The zero-order chi connectivity index (χ0) is 27.5. The number of carbonyl (C=O) groups excluding carboxylic acids is 1. The van der Waals surface area contributed by atoms with Crippen molar-refractivity contribution < 1.29 is 9.53 Å². The van der Waals surface area contributed by atoms with Crippen molar-refractivity contribution in [1.29, 1.82) is 0 Å². The average Bonchev–Trinajstić information content (AvgIpc) is 3.52. The van der Waals surface area contributed by atoms with Gasteiger partial charge in [0.15, 0.2) is 0 Å². The molecule has 5 aromatic rings. The molecule has 0 aliphatic carbocycles. The Labute approximate surface area is 234 Å². The lowest BCUT2D eigenvalue weighted by Crippen LogP contribution is -2.21. The molecule has 1 aromatic heterocycles. The molecule has 0 spiro atoms. The van der Waals surface area contributed by atoms with Crippen LogP contribution in [0.15, 0.2) is 132 Å². The molecule has 0 saturated heterocycles. The number of rotatable bonds is 7. The quantitative estimate of drug-likeness (QED) is 0.203. The Bertz CT molecular complexity index is 1700. The van der Waals surface area contributed by atoms with Crippen molar-refractivity contribution in [2.45, 2.75) is 13.8 Å². The van der Waals surface area contributed by atoms with Gasteiger partial charge in [-0.2, -0.15) is 10.1 Å². The van der Waals surface area contributed by atoms with Crippen molar-refractivity contribution in [3.8, 4) is 34.0 Å². The maximum Gasteiger partial charge on any atom is 0.280 e. The number of hydrazone groups is 1. The van der Waals surface area contributed by atoms with Crippen LogP contribution in [-0.4, -0.2) is 22.8 Å². The molecular weight excluding hydrogens is 494 g/mol. The number of amides is 1. The van der Waals surface area contributed by atoms with Crippen molar-refractivity contribution in [2.75, 3.05) is 11.6 Å². The van der Waals surface area contributed by atoms with Crippen LogP contribution < -0.4 is 9.75 Å². The number of ether oxygens (including phenoxy) is 1. The number of benzene rings is 4. The molecule has 1 aliphatic rings. The van der Waals surface area contributed by atoms with E-state index in [2.05, 4.69) is 52.1 Å². The zero-order valence-corrected chi connectivity index (χ0v) is 22.5. The maximum atomic E-state index is 13.6. The number of carbonyl (C=O) groups is 1. The van der Waals surface area contributed by atoms with Gasteiger partial charge in [-0.3, -0.25) is 4.79 Å². The first kappa shape index (κ1) is 25.1. The van der Waals surface area contributed by atoms with Gasteiger partial charge in [0.25, 0.3) is 5.91 Å². The van der Waals surface area contributed by atoms with E-state index in [0.717, 1.165) is 45.2 Å². The Balaban J connectivity index is 1.57. The fraction of sp³-hybridized carbons (Fsp3) is 0.0857. The molecule has 0 unspecified atom stereocenters. The van der Waals surface area contributed by atoms with Crippen LogP contribution in [0.25, 0.3) is 34.3 Å². The highest BCUT2D eigenvalue weighted by Gasteiger charge is 2.29. The highest BCUT2D eigenvalue weighted by Crippen LogP contribution is 2.38. The summed E-state index contributed by atoms with van der Waals surface area (Å²) in [6.07, 6.45) is 1.98. The first-order chi connectivity index (χ1) is 19.6. The molecule has 0 fully saturated rings. The summed E-state index contributed by atoms with van der Waals surface area (Å²) >= 11 is 0. The second-order valence-corrected chi connectivity index (χ2v) is 9.52. The van der Waals surface area contributed by atoms with Crippen molar-refractivity contribution in [1.82, 2.24) is 4.57 Å². The van der Waals surface area contributed by atoms with Gasteiger partial charge in [0.05, 0.1) is 35.0 Å². The smallest absolute Gasteiger partial charge is 0.280 e. The third-order valence-electron chi connectivity index (χ3n) is 6.92. The van der Waals surface area contributed by atoms with E-state index in [-0.39, 0.29) is 5.91 Å². The molecule has 196 valence electrons. The van der Waals surface area contributed by atoms with Crippen LogP contribution >= 0.6 is 0 Å². The van der Waals surface area contributed by atoms with Gasteiger partial charge in [0.1, 0.15) is 5.75 Å².